The number of nitrogens with two attached hydrogens (primary N) is 1. The fraction of sp³-hybridized carbons (Fsp3) is 0.143. The van der Waals surface area contributed by atoms with Crippen molar-refractivity contribution in [1.82, 2.24) is 4.98 Å². The summed E-state index contributed by atoms with van der Waals surface area (Å²) >= 11 is 0. The maximum absolute atomic E-state index is 5.44. The number of aryl methyl sites for hydroxylation is 1. The zero-order valence-electron chi connectivity index (χ0n) is 5.44. The van der Waals surface area contributed by atoms with E-state index in [1.54, 1.807) is 0 Å². The SMILES string of the molecule is C=C(N)c1cc[nH]c1C. The van der Waals surface area contributed by atoms with Crippen LogP contribution < -0.4 is 5.73 Å². The van der Waals surface area contributed by atoms with Crippen molar-refractivity contribution in [1.29, 1.82) is 0 Å². The lowest BCUT2D eigenvalue weighted by Crippen LogP contribution is -1.93. The van der Waals surface area contributed by atoms with Gasteiger partial charge in [-0.15, -0.1) is 0 Å². The molecule has 0 spiro atoms. The average Bonchev–Trinajstić information content (AvgIpc) is 2.13. The predicted octanol–water partition coefficient (Wildman–Crippen LogP) is 1.25. The number of aromatic nitrogens is 1. The third kappa shape index (κ3) is 0.964. The summed E-state index contributed by atoms with van der Waals surface area (Å²) in [6.45, 7) is 5.58. The molecule has 0 fully saturated rings. The van der Waals surface area contributed by atoms with Crippen LogP contribution in [0.25, 0.3) is 5.70 Å². The highest BCUT2D eigenvalue weighted by atomic mass is 14.7. The molecule has 0 atom stereocenters. The molecule has 2 heteroatoms. The second kappa shape index (κ2) is 1.97. The van der Waals surface area contributed by atoms with Gasteiger partial charge in [0.15, 0.2) is 0 Å². The summed E-state index contributed by atoms with van der Waals surface area (Å²) in [7, 11) is 0. The van der Waals surface area contributed by atoms with Gasteiger partial charge in [0.05, 0.1) is 0 Å². The molecule has 0 aromatic carbocycles. The van der Waals surface area contributed by atoms with E-state index in [9.17, 15) is 0 Å². The summed E-state index contributed by atoms with van der Waals surface area (Å²) in [6.07, 6.45) is 1.85. The molecule has 2 nitrogen and oxygen atoms in total. The molecule has 0 radical (unpaired) electrons. The van der Waals surface area contributed by atoms with Gasteiger partial charge < -0.3 is 10.7 Å². The Morgan fingerprint density at radius 1 is 1.78 bits per heavy atom. The minimum absolute atomic E-state index is 0.619. The van der Waals surface area contributed by atoms with E-state index in [0.717, 1.165) is 11.3 Å². The van der Waals surface area contributed by atoms with Crippen molar-refractivity contribution in [3.8, 4) is 0 Å². The molecule has 0 bridgehead atoms. The molecular formula is C7H10N2. The van der Waals surface area contributed by atoms with E-state index in [1.807, 2.05) is 19.2 Å². The Labute approximate surface area is 54.4 Å². The topological polar surface area (TPSA) is 41.8 Å². The minimum Gasteiger partial charge on any atom is -0.399 e. The average molecular weight is 122 g/mol. The predicted molar refractivity (Wildman–Crippen MR) is 38.8 cm³/mol. The largest absolute Gasteiger partial charge is 0.399 e. The first-order valence-electron chi connectivity index (χ1n) is 2.80. The summed E-state index contributed by atoms with van der Waals surface area (Å²) < 4.78 is 0. The Morgan fingerprint density at radius 2 is 2.44 bits per heavy atom. The Bertz CT molecular complexity index is 223. The van der Waals surface area contributed by atoms with Gasteiger partial charge in [-0.3, -0.25) is 0 Å². The molecule has 0 aliphatic rings. The van der Waals surface area contributed by atoms with Crippen LogP contribution in [0.4, 0.5) is 0 Å². The minimum atomic E-state index is 0.619. The molecule has 48 valence electrons. The summed E-state index contributed by atoms with van der Waals surface area (Å²) in [4.78, 5) is 3.01. The quantitative estimate of drug-likeness (QED) is 0.578. The zero-order valence-corrected chi connectivity index (χ0v) is 5.44. The molecule has 0 saturated heterocycles. The van der Waals surface area contributed by atoms with Crippen LogP contribution >= 0.6 is 0 Å². The van der Waals surface area contributed by atoms with Crippen molar-refractivity contribution in [3.63, 3.8) is 0 Å². The first kappa shape index (κ1) is 5.95. The number of nitrogens with one attached hydrogen (secondary N) is 1. The third-order valence-electron chi connectivity index (χ3n) is 1.30. The number of rotatable bonds is 1. The van der Waals surface area contributed by atoms with E-state index in [2.05, 4.69) is 11.6 Å². The molecule has 3 N–H and O–H groups in total. The molecule has 1 heterocycles. The summed E-state index contributed by atoms with van der Waals surface area (Å²) in [5.74, 6) is 0. The standard InChI is InChI=1S/C7H10N2/c1-5(8)7-3-4-9-6(7)2/h3-4,9H,1,8H2,2H3. The van der Waals surface area contributed by atoms with Crippen molar-refractivity contribution in [2.45, 2.75) is 6.92 Å². The second-order valence-electron chi connectivity index (χ2n) is 2.04. The Morgan fingerprint density at radius 3 is 2.67 bits per heavy atom. The number of aromatic amines is 1. The second-order valence-corrected chi connectivity index (χ2v) is 2.04. The van der Waals surface area contributed by atoms with Gasteiger partial charge >= 0.3 is 0 Å². The van der Waals surface area contributed by atoms with Crippen molar-refractivity contribution < 1.29 is 0 Å². The molecule has 9 heavy (non-hydrogen) atoms. The normalized spacial score (nSPS) is 9.44. The fourth-order valence-electron chi connectivity index (χ4n) is 0.801. The van der Waals surface area contributed by atoms with Gasteiger partial charge in [-0.25, -0.2) is 0 Å². The van der Waals surface area contributed by atoms with E-state index in [0.29, 0.717) is 5.70 Å². The molecule has 0 unspecified atom stereocenters. The zero-order chi connectivity index (χ0) is 6.85. The molecule has 0 aliphatic carbocycles. The van der Waals surface area contributed by atoms with Crippen LogP contribution in [0, 0.1) is 6.92 Å². The third-order valence-corrected chi connectivity index (χ3v) is 1.30. The van der Waals surface area contributed by atoms with Crippen LogP contribution in [-0.4, -0.2) is 4.98 Å². The summed E-state index contributed by atoms with van der Waals surface area (Å²) in [5.41, 5.74) is 8.14. The van der Waals surface area contributed by atoms with Gasteiger partial charge in [-0.05, 0) is 13.0 Å². The van der Waals surface area contributed by atoms with E-state index in [4.69, 9.17) is 5.73 Å². The molecule has 0 saturated carbocycles. The molecule has 1 aromatic heterocycles. The maximum Gasteiger partial charge on any atom is 0.0332 e. The van der Waals surface area contributed by atoms with Crippen LogP contribution in [0.1, 0.15) is 11.3 Å². The van der Waals surface area contributed by atoms with Gasteiger partial charge in [0, 0.05) is 23.2 Å². The Hall–Kier alpha value is -1.18. The van der Waals surface area contributed by atoms with Crippen LogP contribution in [0.15, 0.2) is 18.8 Å². The number of hydrogen-bond acceptors (Lipinski definition) is 1. The monoisotopic (exact) mass is 122 g/mol. The van der Waals surface area contributed by atoms with Gasteiger partial charge in [0.2, 0.25) is 0 Å². The molecule has 1 rings (SSSR count). The van der Waals surface area contributed by atoms with Crippen molar-refractivity contribution in [2.75, 3.05) is 0 Å². The van der Waals surface area contributed by atoms with Gasteiger partial charge in [-0.1, -0.05) is 6.58 Å². The van der Waals surface area contributed by atoms with Crippen LogP contribution in [0.3, 0.4) is 0 Å². The van der Waals surface area contributed by atoms with Crippen molar-refractivity contribution in [2.24, 2.45) is 5.73 Å². The maximum atomic E-state index is 5.44. The van der Waals surface area contributed by atoms with E-state index >= 15 is 0 Å². The van der Waals surface area contributed by atoms with Crippen LogP contribution in [0.5, 0.6) is 0 Å². The fourth-order valence-corrected chi connectivity index (χ4v) is 0.801. The van der Waals surface area contributed by atoms with E-state index < -0.39 is 0 Å². The Kier molecular flexibility index (Phi) is 1.30. The Balaban J connectivity index is 3.08. The van der Waals surface area contributed by atoms with Crippen LogP contribution in [0.2, 0.25) is 0 Å². The van der Waals surface area contributed by atoms with E-state index in [1.165, 1.54) is 0 Å². The molecular weight excluding hydrogens is 112 g/mol. The lowest BCUT2D eigenvalue weighted by atomic mass is 10.2. The number of H-pyrrole nitrogens is 1. The van der Waals surface area contributed by atoms with Gasteiger partial charge in [0.1, 0.15) is 0 Å². The molecule has 0 aliphatic heterocycles. The molecule has 1 aromatic rings. The lowest BCUT2D eigenvalue weighted by molar-refractivity contribution is 1.25. The first-order chi connectivity index (χ1) is 4.22. The first-order valence-corrected chi connectivity index (χ1v) is 2.80. The summed E-state index contributed by atoms with van der Waals surface area (Å²) in [6, 6.07) is 1.91. The lowest BCUT2D eigenvalue weighted by Gasteiger charge is -1.94. The highest BCUT2D eigenvalue weighted by Gasteiger charge is 1.96. The smallest absolute Gasteiger partial charge is 0.0332 e. The van der Waals surface area contributed by atoms with Crippen molar-refractivity contribution in [3.05, 3.63) is 30.1 Å². The van der Waals surface area contributed by atoms with E-state index in [-0.39, 0.29) is 0 Å². The highest BCUT2D eigenvalue weighted by molar-refractivity contribution is 5.61. The van der Waals surface area contributed by atoms with Gasteiger partial charge in [0.25, 0.3) is 0 Å². The summed E-state index contributed by atoms with van der Waals surface area (Å²) in [5, 5.41) is 0. The number of hydrogen-bond donors (Lipinski definition) is 2. The van der Waals surface area contributed by atoms with Gasteiger partial charge in [-0.2, -0.15) is 0 Å². The van der Waals surface area contributed by atoms with Crippen molar-refractivity contribution >= 4 is 5.70 Å². The highest BCUT2D eigenvalue weighted by Crippen LogP contribution is 2.09. The van der Waals surface area contributed by atoms with Crippen LogP contribution in [-0.2, 0) is 0 Å². The molecule has 0 amide bonds.